The molecule has 0 atom stereocenters. The van der Waals surface area contributed by atoms with Gasteiger partial charge in [0.25, 0.3) is 0 Å². The van der Waals surface area contributed by atoms with Crippen LogP contribution in [-0.2, 0) is 7.05 Å². The number of nitrogens with zero attached hydrogens (tertiary/aromatic N) is 2. The Kier molecular flexibility index (Phi) is 4.05. The van der Waals surface area contributed by atoms with Gasteiger partial charge in [-0.3, -0.25) is 0 Å². The third-order valence-electron chi connectivity index (χ3n) is 2.25. The summed E-state index contributed by atoms with van der Waals surface area (Å²) in [6.07, 6.45) is 1.57. The largest absolute Gasteiger partial charge is 0.475 e. The lowest BCUT2D eigenvalue weighted by Gasteiger charge is -2.02. The molecule has 4 nitrogen and oxygen atoms in total. The molecule has 2 rings (SSSR count). The van der Waals surface area contributed by atoms with Gasteiger partial charge in [-0.25, -0.2) is 9.78 Å². The molecule has 0 fully saturated rings. The number of hydrogen-bond donors (Lipinski definition) is 1. The molecule has 1 heterocycles. The minimum atomic E-state index is -1.01. The van der Waals surface area contributed by atoms with Crippen molar-refractivity contribution in [2.24, 2.45) is 7.05 Å². The molecular weight excluding hydrogens is 319 g/mol. The summed E-state index contributed by atoms with van der Waals surface area (Å²) in [7, 11) is 1.69. The molecule has 1 aromatic carbocycles. The first kappa shape index (κ1) is 12.7. The van der Waals surface area contributed by atoms with Gasteiger partial charge in [0, 0.05) is 7.05 Å². The lowest BCUT2D eigenvalue weighted by molar-refractivity contribution is 0.0680. The number of imidazole rings is 1. The molecule has 0 bridgehead atoms. The van der Waals surface area contributed by atoms with E-state index in [0.29, 0.717) is 0 Å². The van der Waals surface area contributed by atoms with Crippen molar-refractivity contribution < 1.29 is 9.90 Å². The van der Waals surface area contributed by atoms with Crippen LogP contribution in [0, 0.1) is 0 Å². The van der Waals surface area contributed by atoms with Crippen LogP contribution >= 0.6 is 24.0 Å². The zero-order valence-electron chi connectivity index (χ0n) is 8.62. The summed E-state index contributed by atoms with van der Waals surface area (Å²) in [6.45, 7) is 0. The number of rotatable bonds is 2. The maximum atomic E-state index is 10.8. The van der Waals surface area contributed by atoms with E-state index in [0.717, 1.165) is 11.3 Å². The highest BCUT2D eigenvalue weighted by molar-refractivity contribution is 14.0. The van der Waals surface area contributed by atoms with E-state index < -0.39 is 5.97 Å². The summed E-state index contributed by atoms with van der Waals surface area (Å²) >= 11 is 0. The highest BCUT2D eigenvalue weighted by atomic mass is 127. The van der Waals surface area contributed by atoms with Crippen LogP contribution in [0.4, 0.5) is 0 Å². The zero-order chi connectivity index (χ0) is 10.8. The predicted octanol–water partition coefficient (Wildman–Crippen LogP) is 2.40. The summed E-state index contributed by atoms with van der Waals surface area (Å²) < 4.78 is 1.57. The van der Waals surface area contributed by atoms with E-state index >= 15 is 0 Å². The first-order valence-electron chi connectivity index (χ1n) is 4.50. The van der Waals surface area contributed by atoms with Crippen LogP contribution in [0.1, 0.15) is 10.6 Å². The molecule has 2 aromatic rings. The molecule has 0 unspecified atom stereocenters. The summed E-state index contributed by atoms with van der Waals surface area (Å²) in [5.41, 5.74) is 1.76. The smallest absolute Gasteiger partial charge is 0.372 e. The molecule has 0 aliphatic heterocycles. The second-order valence-electron chi connectivity index (χ2n) is 3.20. The van der Waals surface area contributed by atoms with Gasteiger partial charge in [0.1, 0.15) is 0 Å². The second kappa shape index (κ2) is 5.11. The predicted molar refractivity (Wildman–Crippen MR) is 71.0 cm³/mol. The number of benzene rings is 1. The number of carboxylic acids is 1. The summed E-state index contributed by atoms with van der Waals surface area (Å²) in [4.78, 5) is 14.6. The number of aromatic carboxylic acids is 1. The van der Waals surface area contributed by atoms with Gasteiger partial charge in [-0.15, -0.1) is 24.0 Å². The third kappa shape index (κ3) is 2.24. The normalized spacial score (nSPS) is 9.56. The molecule has 0 aliphatic carbocycles. The first-order chi connectivity index (χ1) is 7.20. The van der Waals surface area contributed by atoms with Gasteiger partial charge in [-0.2, -0.15) is 0 Å². The van der Waals surface area contributed by atoms with Gasteiger partial charge >= 0.3 is 5.97 Å². The van der Waals surface area contributed by atoms with Crippen LogP contribution in [0.25, 0.3) is 11.3 Å². The Morgan fingerprint density at radius 1 is 1.31 bits per heavy atom. The average Bonchev–Trinajstić information content (AvgIpc) is 2.61. The highest BCUT2D eigenvalue weighted by Crippen LogP contribution is 2.18. The summed E-state index contributed by atoms with van der Waals surface area (Å²) in [5.74, 6) is -0.964. The molecular formula is C11H11IN2O2. The Labute approximate surface area is 110 Å². The molecule has 0 saturated heterocycles. The molecule has 0 aliphatic rings. The van der Waals surface area contributed by atoms with Gasteiger partial charge in [-0.05, 0) is 5.56 Å². The molecule has 0 saturated carbocycles. The Bertz CT molecular complexity index is 494. The third-order valence-corrected chi connectivity index (χ3v) is 2.25. The van der Waals surface area contributed by atoms with Crippen LogP contribution < -0.4 is 0 Å². The Hall–Kier alpha value is -1.37. The molecule has 1 N–H and O–H groups in total. The van der Waals surface area contributed by atoms with Crippen LogP contribution in [0.3, 0.4) is 0 Å². The standard InChI is InChI=1S/C11H10N2O2.HI/c1-13-9(7-12-10(13)11(14)15)8-5-3-2-4-6-8;/h2-7H,1H3,(H,14,15);1H. The molecule has 1 aromatic heterocycles. The molecule has 16 heavy (non-hydrogen) atoms. The first-order valence-corrected chi connectivity index (χ1v) is 4.50. The number of hydrogen-bond acceptors (Lipinski definition) is 2. The highest BCUT2D eigenvalue weighted by Gasteiger charge is 2.13. The van der Waals surface area contributed by atoms with Crippen molar-refractivity contribution >= 4 is 29.9 Å². The van der Waals surface area contributed by atoms with Gasteiger partial charge in [-0.1, -0.05) is 30.3 Å². The molecule has 84 valence electrons. The maximum Gasteiger partial charge on any atom is 0.372 e. The zero-order valence-corrected chi connectivity index (χ0v) is 11.0. The van der Waals surface area contributed by atoms with E-state index in [2.05, 4.69) is 4.98 Å². The Morgan fingerprint density at radius 3 is 2.44 bits per heavy atom. The van der Waals surface area contributed by atoms with E-state index in [-0.39, 0.29) is 29.8 Å². The average molecular weight is 330 g/mol. The van der Waals surface area contributed by atoms with E-state index in [4.69, 9.17) is 5.11 Å². The van der Waals surface area contributed by atoms with Crippen molar-refractivity contribution in [3.8, 4) is 11.3 Å². The topological polar surface area (TPSA) is 55.1 Å². The lowest BCUT2D eigenvalue weighted by atomic mass is 10.2. The quantitative estimate of drug-likeness (QED) is 0.861. The monoisotopic (exact) mass is 330 g/mol. The SMILES string of the molecule is Cn1c(-c2ccccc2)cnc1C(=O)O.I. The van der Waals surface area contributed by atoms with Gasteiger partial charge in [0.05, 0.1) is 11.9 Å². The molecule has 0 radical (unpaired) electrons. The maximum absolute atomic E-state index is 10.8. The Balaban J connectivity index is 0.00000128. The summed E-state index contributed by atoms with van der Waals surface area (Å²) in [6, 6.07) is 9.56. The van der Waals surface area contributed by atoms with Crippen molar-refractivity contribution in [3.05, 3.63) is 42.4 Å². The van der Waals surface area contributed by atoms with Crippen molar-refractivity contribution in [1.82, 2.24) is 9.55 Å². The number of halogens is 1. The van der Waals surface area contributed by atoms with Crippen LogP contribution in [0.5, 0.6) is 0 Å². The number of carboxylic acid groups (broad SMARTS) is 1. The fourth-order valence-electron chi connectivity index (χ4n) is 1.49. The fourth-order valence-corrected chi connectivity index (χ4v) is 1.49. The molecule has 0 spiro atoms. The minimum absolute atomic E-state index is 0. The van der Waals surface area contributed by atoms with Crippen molar-refractivity contribution in [2.75, 3.05) is 0 Å². The van der Waals surface area contributed by atoms with Gasteiger partial charge in [0.2, 0.25) is 5.82 Å². The van der Waals surface area contributed by atoms with E-state index in [9.17, 15) is 4.79 Å². The van der Waals surface area contributed by atoms with Crippen LogP contribution in [0.2, 0.25) is 0 Å². The van der Waals surface area contributed by atoms with E-state index in [1.165, 1.54) is 0 Å². The minimum Gasteiger partial charge on any atom is -0.475 e. The number of carbonyl (C=O) groups is 1. The second-order valence-corrected chi connectivity index (χ2v) is 3.20. The van der Waals surface area contributed by atoms with Gasteiger partial charge < -0.3 is 9.67 Å². The van der Waals surface area contributed by atoms with Crippen LogP contribution in [-0.4, -0.2) is 20.6 Å². The van der Waals surface area contributed by atoms with E-state index in [1.54, 1.807) is 17.8 Å². The number of aromatic nitrogens is 2. The molecule has 0 amide bonds. The van der Waals surface area contributed by atoms with Gasteiger partial charge in [0.15, 0.2) is 0 Å². The van der Waals surface area contributed by atoms with Crippen LogP contribution in [0.15, 0.2) is 36.5 Å². The van der Waals surface area contributed by atoms with Crippen molar-refractivity contribution in [3.63, 3.8) is 0 Å². The van der Waals surface area contributed by atoms with E-state index in [1.807, 2.05) is 30.3 Å². The lowest BCUT2D eigenvalue weighted by Crippen LogP contribution is -2.06. The molecule has 5 heteroatoms. The van der Waals surface area contributed by atoms with Crippen molar-refractivity contribution in [2.45, 2.75) is 0 Å². The Morgan fingerprint density at radius 2 is 1.94 bits per heavy atom. The summed E-state index contributed by atoms with van der Waals surface area (Å²) in [5, 5.41) is 8.84. The van der Waals surface area contributed by atoms with Crippen molar-refractivity contribution in [1.29, 1.82) is 0 Å². The fraction of sp³-hybridized carbons (Fsp3) is 0.0909.